The molecule has 2 atom stereocenters. The lowest BCUT2D eigenvalue weighted by Gasteiger charge is -2.31. The van der Waals surface area contributed by atoms with Gasteiger partial charge in [0, 0.05) is 18.4 Å². The van der Waals surface area contributed by atoms with Crippen molar-refractivity contribution in [3.63, 3.8) is 0 Å². The minimum absolute atomic E-state index is 0.0936. The second-order valence-corrected chi connectivity index (χ2v) is 6.02. The maximum absolute atomic E-state index is 7.79. The van der Waals surface area contributed by atoms with Crippen LogP contribution in [0.5, 0.6) is 0 Å². The SMILES string of the molecule is CC1CCCCC1Nc1c(C(=N)N)c(Cl)nn2ccnc12. The molecule has 0 radical (unpaired) electrons. The topological polar surface area (TPSA) is 92.1 Å². The molecule has 0 aromatic carbocycles. The number of nitrogens with one attached hydrogen (secondary N) is 2. The summed E-state index contributed by atoms with van der Waals surface area (Å²) in [6.07, 6.45) is 8.19. The largest absolute Gasteiger partial charge is 0.384 e. The van der Waals surface area contributed by atoms with Gasteiger partial charge in [-0.3, -0.25) is 5.41 Å². The third-order valence-electron chi connectivity index (χ3n) is 4.21. The summed E-state index contributed by atoms with van der Waals surface area (Å²) in [5, 5.41) is 15.7. The molecule has 2 heterocycles. The monoisotopic (exact) mass is 306 g/mol. The van der Waals surface area contributed by atoms with Gasteiger partial charge in [0.2, 0.25) is 0 Å². The van der Waals surface area contributed by atoms with Gasteiger partial charge in [0.05, 0.1) is 11.3 Å². The summed E-state index contributed by atoms with van der Waals surface area (Å²) in [6.45, 7) is 2.25. The number of anilines is 1. The highest BCUT2D eigenvalue weighted by Gasteiger charge is 2.25. The van der Waals surface area contributed by atoms with E-state index in [1.54, 1.807) is 16.9 Å². The van der Waals surface area contributed by atoms with Crippen LogP contribution in [0.3, 0.4) is 0 Å². The van der Waals surface area contributed by atoms with E-state index in [2.05, 4.69) is 22.3 Å². The van der Waals surface area contributed by atoms with Crippen molar-refractivity contribution in [2.24, 2.45) is 11.7 Å². The number of nitrogens with zero attached hydrogens (tertiary/aromatic N) is 3. The van der Waals surface area contributed by atoms with E-state index in [9.17, 15) is 0 Å². The minimum Gasteiger partial charge on any atom is -0.384 e. The van der Waals surface area contributed by atoms with Crippen LogP contribution in [0.1, 0.15) is 38.2 Å². The summed E-state index contributed by atoms with van der Waals surface area (Å²) in [7, 11) is 0. The van der Waals surface area contributed by atoms with Crippen molar-refractivity contribution in [3.8, 4) is 0 Å². The van der Waals surface area contributed by atoms with E-state index in [4.69, 9.17) is 22.7 Å². The van der Waals surface area contributed by atoms with Gasteiger partial charge in [0.25, 0.3) is 0 Å². The average molecular weight is 307 g/mol. The molecule has 112 valence electrons. The summed E-state index contributed by atoms with van der Waals surface area (Å²) in [4.78, 5) is 4.32. The van der Waals surface area contributed by atoms with Crippen LogP contribution in [-0.4, -0.2) is 26.5 Å². The van der Waals surface area contributed by atoms with Crippen LogP contribution in [0.2, 0.25) is 5.15 Å². The van der Waals surface area contributed by atoms with Crippen molar-refractivity contribution in [1.29, 1.82) is 5.41 Å². The third kappa shape index (κ3) is 2.55. The Kier molecular flexibility index (Phi) is 3.71. The number of rotatable bonds is 3. The number of hydrogen-bond acceptors (Lipinski definition) is 4. The Morgan fingerprint density at radius 3 is 2.95 bits per heavy atom. The fourth-order valence-corrected chi connectivity index (χ4v) is 3.29. The van der Waals surface area contributed by atoms with Crippen LogP contribution in [0.15, 0.2) is 12.4 Å². The molecule has 3 rings (SSSR count). The first-order chi connectivity index (χ1) is 10.1. The Hall–Kier alpha value is -1.82. The zero-order valence-corrected chi connectivity index (χ0v) is 12.7. The Bertz CT molecular complexity index is 679. The highest BCUT2D eigenvalue weighted by molar-refractivity contribution is 6.33. The lowest BCUT2D eigenvalue weighted by Crippen LogP contribution is -2.32. The summed E-state index contributed by atoms with van der Waals surface area (Å²) >= 11 is 6.19. The second kappa shape index (κ2) is 5.52. The number of nitrogens with two attached hydrogens (primary N) is 1. The van der Waals surface area contributed by atoms with Crippen molar-refractivity contribution >= 4 is 28.8 Å². The van der Waals surface area contributed by atoms with Crippen LogP contribution in [-0.2, 0) is 0 Å². The highest BCUT2D eigenvalue weighted by atomic mass is 35.5. The first-order valence-electron chi connectivity index (χ1n) is 7.21. The van der Waals surface area contributed by atoms with Gasteiger partial charge in [-0.1, -0.05) is 31.4 Å². The summed E-state index contributed by atoms with van der Waals surface area (Å²) in [6, 6.07) is 0.343. The fourth-order valence-electron chi connectivity index (χ4n) is 3.01. The third-order valence-corrected chi connectivity index (χ3v) is 4.47. The summed E-state index contributed by atoms with van der Waals surface area (Å²) in [5.74, 6) is 0.476. The van der Waals surface area contributed by atoms with Gasteiger partial charge in [-0.15, -0.1) is 0 Å². The number of amidine groups is 1. The highest BCUT2D eigenvalue weighted by Crippen LogP contribution is 2.31. The predicted octanol–water partition coefficient (Wildman–Crippen LogP) is 2.66. The zero-order chi connectivity index (χ0) is 15.0. The van der Waals surface area contributed by atoms with E-state index in [0.29, 0.717) is 28.9 Å². The van der Waals surface area contributed by atoms with E-state index in [0.717, 1.165) is 6.42 Å². The molecule has 0 bridgehead atoms. The quantitative estimate of drug-likeness (QED) is 0.600. The maximum Gasteiger partial charge on any atom is 0.177 e. The first-order valence-corrected chi connectivity index (χ1v) is 7.59. The number of fused-ring (bicyclic) bond motifs is 1. The van der Waals surface area contributed by atoms with Crippen molar-refractivity contribution < 1.29 is 0 Å². The van der Waals surface area contributed by atoms with Crippen molar-refractivity contribution in [2.75, 3.05) is 5.32 Å². The van der Waals surface area contributed by atoms with E-state index < -0.39 is 0 Å². The van der Waals surface area contributed by atoms with Gasteiger partial charge in [-0.05, 0) is 18.8 Å². The van der Waals surface area contributed by atoms with Crippen LogP contribution in [0.25, 0.3) is 5.65 Å². The molecular formula is C14H19ClN6. The van der Waals surface area contributed by atoms with Gasteiger partial charge in [-0.25, -0.2) is 9.50 Å². The van der Waals surface area contributed by atoms with E-state index in [1.807, 2.05) is 0 Å². The molecule has 1 saturated carbocycles. The van der Waals surface area contributed by atoms with Crippen LogP contribution in [0, 0.1) is 11.3 Å². The number of halogens is 1. The number of imidazole rings is 1. The Morgan fingerprint density at radius 1 is 1.48 bits per heavy atom. The van der Waals surface area contributed by atoms with Crippen LogP contribution < -0.4 is 11.1 Å². The van der Waals surface area contributed by atoms with Crippen LogP contribution in [0.4, 0.5) is 5.69 Å². The summed E-state index contributed by atoms with van der Waals surface area (Å²) < 4.78 is 1.62. The molecule has 0 amide bonds. The van der Waals surface area contributed by atoms with Crippen molar-refractivity contribution in [1.82, 2.24) is 14.6 Å². The van der Waals surface area contributed by atoms with E-state index >= 15 is 0 Å². The molecule has 2 aromatic heterocycles. The number of hydrogen-bond donors (Lipinski definition) is 3. The minimum atomic E-state index is -0.0936. The van der Waals surface area contributed by atoms with Crippen molar-refractivity contribution in [3.05, 3.63) is 23.1 Å². The van der Waals surface area contributed by atoms with Gasteiger partial charge < -0.3 is 11.1 Å². The zero-order valence-electron chi connectivity index (χ0n) is 11.9. The van der Waals surface area contributed by atoms with E-state index in [-0.39, 0.29) is 11.0 Å². The van der Waals surface area contributed by atoms with Gasteiger partial charge >= 0.3 is 0 Å². The average Bonchev–Trinajstić information content (AvgIpc) is 2.88. The first kappa shape index (κ1) is 14.1. The standard InChI is InChI=1S/C14H19ClN6/c1-8-4-2-3-5-9(8)19-11-10(13(16)17)12(15)20-21-7-6-18-14(11)21/h6-9,19H,2-5H2,1H3,(H3,16,17). The molecule has 0 aliphatic heterocycles. The second-order valence-electron chi connectivity index (χ2n) is 5.66. The molecule has 7 heteroatoms. The van der Waals surface area contributed by atoms with Gasteiger partial charge in [0.1, 0.15) is 5.84 Å². The van der Waals surface area contributed by atoms with Gasteiger partial charge in [-0.2, -0.15) is 5.10 Å². The molecule has 6 nitrogen and oxygen atoms in total. The molecule has 1 aliphatic rings. The molecule has 1 fully saturated rings. The Labute approximate surface area is 128 Å². The smallest absolute Gasteiger partial charge is 0.177 e. The predicted molar refractivity (Wildman–Crippen MR) is 84.1 cm³/mol. The number of nitrogen functional groups attached to an aromatic ring is 1. The molecule has 1 aliphatic carbocycles. The molecular weight excluding hydrogens is 288 g/mol. The molecule has 21 heavy (non-hydrogen) atoms. The molecule has 2 unspecified atom stereocenters. The van der Waals surface area contributed by atoms with Crippen molar-refractivity contribution in [2.45, 2.75) is 38.6 Å². The molecule has 0 spiro atoms. The van der Waals surface area contributed by atoms with Crippen LogP contribution >= 0.6 is 11.6 Å². The number of aromatic nitrogens is 3. The Balaban J connectivity index is 2.08. The van der Waals surface area contributed by atoms with Gasteiger partial charge in [0.15, 0.2) is 10.8 Å². The Morgan fingerprint density at radius 2 is 2.24 bits per heavy atom. The normalized spacial score (nSPS) is 22.4. The maximum atomic E-state index is 7.79. The summed E-state index contributed by atoms with van der Waals surface area (Å²) in [5.41, 5.74) is 7.50. The lowest BCUT2D eigenvalue weighted by atomic mass is 9.85. The fraction of sp³-hybridized carbons (Fsp3) is 0.500. The molecule has 0 saturated heterocycles. The lowest BCUT2D eigenvalue weighted by molar-refractivity contribution is 0.349. The molecule has 4 N–H and O–H groups in total. The van der Waals surface area contributed by atoms with E-state index in [1.165, 1.54) is 19.3 Å². The molecule has 2 aromatic rings.